The van der Waals surface area contributed by atoms with Gasteiger partial charge in [0, 0.05) is 63.4 Å². The number of aromatic nitrogens is 4. The van der Waals surface area contributed by atoms with Crippen LogP contribution in [0.15, 0.2) is 174 Å². The Morgan fingerprint density at radius 3 is 1.76 bits per heavy atom. The number of hydrogen-bond acceptors (Lipinski definition) is 4. The first-order valence-corrected chi connectivity index (χ1v) is 20.4. The molecule has 0 saturated carbocycles. The van der Waals surface area contributed by atoms with Gasteiger partial charge < -0.3 is 8.82 Å². The Balaban J connectivity index is 1.02. The van der Waals surface area contributed by atoms with E-state index >= 15 is 0 Å². The first-order chi connectivity index (χ1) is 28.7. The second-order valence-corrected chi connectivity index (χ2v) is 16.4. The van der Waals surface area contributed by atoms with Crippen LogP contribution < -0.4 is 0 Å². The van der Waals surface area contributed by atoms with Crippen LogP contribution >= 0.6 is 11.3 Å². The molecule has 0 atom stereocenters. The van der Waals surface area contributed by atoms with E-state index in [9.17, 15) is 0 Å². The van der Waals surface area contributed by atoms with Crippen LogP contribution in [0, 0.1) is 0 Å². The van der Waals surface area contributed by atoms with Gasteiger partial charge in [-0.3, -0.25) is 4.57 Å². The smallest absolute Gasteiger partial charge is 0.238 e. The molecule has 8 aromatic carbocycles. The average Bonchev–Trinajstić information content (AvgIpc) is 4.08. The molecule has 14 rings (SSSR count). The van der Waals surface area contributed by atoms with Gasteiger partial charge >= 0.3 is 0 Å². The van der Waals surface area contributed by atoms with Gasteiger partial charge in [-0.2, -0.15) is 4.98 Å². The Morgan fingerprint density at radius 2 is 0.983 bits per heavy atom. The predicted molar refractivity (Wildman–Crippen MR) is 242 cm³/mol. The summed E-state index contributed by atoms with van der Waals surface area (Å²) in [5.41, 5.74) is 11.5. The van der Waals surface area contributed by atoms with Gasteiger partial charge in [-0.15, -0.1) is 11.3 Å². The zero-order valence-electron chi connectivity index (χ0n) is 30.8. The number of hydrogen-bond donors (Lipinski definition) is 0. The van der Waals surface area contributed by atoms with Gasteiger partial charge in [0.2, 0.25) is 11.7 Å². The van der Waals surface area contributed by atoms with Crippen molar-refractivity contribution < 1.29 is 4.42 Å². The molecule has 14 aromatic rings. The van der Waals surface area contributed by atoms with Gasteiger partial charge in [0.25, 0.3) is 0 Å². The fraction of sp³-hybridized carbons (Fsp3) is 0. The third kappa shape index (κ3) is 3.99. The summed E-state index contributed by atoms with van der Waals surface area (Å²) in [5.74, 6) is 0.579. The van der Waals surface area contributed by atoms with E-state index in [1.165, 1.54) is 69.4 Å². The topological polar surface area (TPSA) is 48.3 Å². The predicted octanol–water partition coefficient (Wildman–Crippen LogP) is 14.3. The van der Waals surface area contributed by atoms with Crippen molar-refractivity contribution in [1.29, 1.82) is 0 Å². The van der Waals surface area contributed by atoms with Gasteiger partial charge in [-0.05, 0) is 77.9 Å². The van der Waals surface area contributed by atoms with E-state index in [1.54, 1.807) is 0 Å². The van der Waals surface area contributed by atoms with Crippen LogP contribution in [0.4, 0.5) is 0 Å². The van der Waals surface area contributed by atoms with Crippen molar-refractivity contribution >= 4 is 113 Å². The third-order valence-electron chi connectivity index (χ3n) is 12.3. The molecule has 0 aliphatic heterocycles. The molecule has 0 saturated heterocycles. The van der Waals surface area contributed by atoms with Gasteiger partial charge in [0.15, 0.2) is 0 Å². The van der Waals surface area contributed by atoms with Crippen molar-refractivity contribution in [2.75, 3.05) is 0 Å². The van der Waals surface area contributed by atoms with Crippen LogP contribution in [0.2, 0.25) is 0 Å². The summed E-state index contributed by atoms with van der Waals surface area (Å²) < 4.78 is 13.7. The lowest BCUT2D eigenvalue weighted by Gasteiger charge is -2.10. The molecule has 0 unspecified atom stereocenters. The zero-order valence-corrected chi connectivity index (χ0v) is 31.6. The van der Waals surface area contributed by atoms with Gasteiger partial charge in [0.1, 0.15) is 5.58 Å². The molecule has 0 fully saturated rings. The molecule has 0 radical (unpaired) electrons. The maximum absolute atomic E-state index is 6.54. The molecular formula is C52H28N4OS. The second-order valence-electron chi connectivity index (χ2n) is 15.3. The molecule has 0 aliphatic rings. The Labute approximate surface area is 333 Å². The highest BCUT2D eigenvalue weighted by Crippen LogP contribution is 2.44. The average molecular weight is 757 g/mol. The second kappa shape index (κ2) is 11.1. The molecule has 6 heteroatoms. The van der Waals surface area contributed by atoms with Crippen molar-refractivity contribution in [2.24, 2.45) is 0 Å². The Hall–Kier alpha value is -7.54. The van der Waals surface area contributed by atoms with Crippen molar-refractivity contribution in [3.63, 3.8) is 0 Å². The van der Waals surface area contributed by atoms with Crippen LogP contribution in [0.5, 0.6) is 0 Å². The molecule has 0 N–H and O–H groups in total. The summed E-state index contributed by atoms with van der Waals surface area (Å²) in [4.78, 5) is 10.7. The van der Waals surface area contributed by atoms with Crippen LogP contribution in [-0.2, 0) is 0 Å². The third-order valence-corrected chi connectivity index (χ3v) is 13.4. The summed E-state index contributed by atoms with van der Waals surface area (Å²) in [6.45, 7) is 0. The van der Waals surface area contributed by atoms with E-state index in [0.29, 0.717) is 11.7 Å². The standard InChI is InChI=1S/C52H28N4OS/c1-8-18-43-32(11-1)37-25-29(31-27-39-33-12-2-6-16-41(33)55-42-17-7-3-13-34(42)40(28-31)50(39)55)21-23-44(37)56(43)52-53-49(48-36-15-4-9-19-45(36)57-51(48)54-52)30-22-24-47-38(26-30)35-14-5-10-20-46(35)58-47/h1-28H. The van der Waals surface area contributed by atoms with E-state index < -0.39 is 0 Å². The van der Waals surface area contributed by atoms with Crippen LogP contribution in [0.3, 0.4) is 0 Å². The molecule has 6 aromatic heterocycles. The molecule has 58 heavy (non-hydrogen) atoms. The zero-order chi connectivity index (χ0) is 37.6. The van der Waals surface area contributed by atoms with Crippen molar-refractivity contribution in [1.82, 2.24) is 18.9 Å². The molecule has 0 aliphatic carbocycles. The van der Waals surface area contributed by atoms with E-state index in [-0.39, 0.29) is 0 Å². The van der Waals surface area contributed by atoms with Gasteiger partial charge in [-0.25, -0.2) is 4.98 Å². The minimum Gasteiger partial charge on any atom is -0.437 e. The quantitative estimate of drug-likeness (QED) is 0.180. The molecule has 6 heterocycles. The lowest BCUT2D eigenvalue weighted by atomic mass is 9.98. The number of nitrogens with zero attached hydrogens (tertiary/aromatic N) is 4. The van der Waals surface area contributed by atoms with E-state index in [2.05, 4.69) is 167 Å². The normalized spacial score (nSPS) is 12.5. The van der Waals surface area contributed by atoms with Crippen molar-refractivity contribution in [2.45, 2.75) is 0 Å². The Kier molecular flexibility index (Phi) is 5.85. The number of thiophene rings is 1. The summed E-state index contributed by atoms with van der Waals surface area (Å²) in [7, 11) is 0. The number of furan rings is 1. The van der Waals surface area contributed by atoms with Gasteiger partial charge in [-0.1, -0.05) is 103 Å². The number of para-hydroxylation sites is 4. The minimum atomic E-state index is 0.574. The molecular weight excluding hydrogens is 729 g/mol. The maximum Gasteiger partial charge on any atom is 0.238 e. The Bertz CT molecular complexity index is 3970. The highest BCUT2D eigenvalue weighted by molar-refractivity contribution is 7.25. The Morgan fingerprint density at radius 1 is 0.414 bits per heavy atom. The van der Waals surface area contributed by atoms with Crippen LogP contribution in [-0.4, -0.2) is 18.9 Å². The monoisotopic (exact) mass is 756 g/mol. The molecule has 0 bridgehead atoms. The molecule has 268 valence electrons. The highest BCUT2D eigenvalue weighted by atomic mass is 32.1. The first-order valence-electron chi connectivity index (χ1n) is 19.6. The lowest BCUT2D eigenvalue weighted by Crippen LogP contribution is -2.02. The van der Waals surface area contributed by atoms with Crippen molar-refractivity contribution in [3.8, 4) is 28.3 Å². The lowest BCUT2D eigenvalue weighted by molar-refractivity contribution is 0.651. The fourth-order valence-corrected chi connectivity index (χ4v) is 10.9. The summed E-state index contributed by atoms with van der Waals surface area (Å²) in [6.07, 6.45) is 0. The fourth-order valence-electron chi connectivity index (χ4n) is 9.78. The van der Waals surface area contributed by atoms with Crippen LogP contribution in [0.1, 0.15) is 0 Å². The summed E-state index contributed by atoms with van der Waals surface area (Å²) in [5, 5.41) is 11.8. The maximum atomic E-state index is 6.54. The van der Waals surface area contributed by atoms with E-state index in [4.69, 9.17) is 14.4 Å². The molecule has 0 amide bonds. The number of fused-ring (bicyclic) bond motifs is 15. The van der Waals surface area contributed by atoms with Crippen LogP contribution in [0.25, 0.3) is 130 Å². The summed E-state index contributed by atoms with van der Waals surface area (Å²) in [6, 6.07) is 61.2. The highest BCUT2D eigenvalue weighted by Gasteiger charge is 2.23. The largest absolute Gasteiger partial charge is 0.437 e. The van der Waals surface area contributed by atoms with E-state index in [0.717, 1.165) is 49.4 Å². The van der Waals surface area contributed by atoms with Crippen molar-refractivity contribution in [3.05, 3.63) is 170 Å². The number of benzene rings is 8. The molecule has 5 nitrogen and oxygen atoms in total. The first kappa shape index (κ1) is 30.7. The SMILES string of the molecule is c1ccc2c(c1)oc1nc(-n3c4ccccc4c4cc(-c5cc6c7ccccc7n7c8ccccc8c(c5)c67)ccc43)nc(-c3ccc4sc5ccccc5c4c3)c12. The minimum absolute atomic E-state index is 0.574. The summed E-state index contributed by atoms with van der Waals surface area (Å²) >= 11 is 1.82. The van der Waals surface area contributed by atoms with Gasteiger partial charge in [0.05, 0.1) is 38.7 Å². The number of rotatable bonds is 3. The van der Waals surface area contributed by atoms with E-state index in [1.807, 2.05) is 23.5 Å². The molecule has 0 spiro atoms.